The molecule has 0 heteroatoms. The molecule has 1 aliphatic carbocycles. The summed E-state index contributed by atoms with van der Waals surface area (Å²) in [6.45, 7) is 7.17. The van der Waals surface area contributed by atoms with E-state index in [-0.39, 0.29) is 0 Å². The fourth-order valence-corrected chi connectivity index (χ4v) is 2.90. The molecular formula is C12H24. The monoisotopic (exact) mass is 168 g/mol. The van der Waals surface area contributed by atoms with Crippen LogP contribution in [-0.4, -0.2) is 0 Å². The van der Waals surface area contributed by atoms with E-state index in [1.807, 2.05) is 0 Å². The number of hydrogen-bond acceptors (Lipinski definition) is 0. The molecule has 0 radical (unpaired) electrons. The summed E-state index contributed by atoms with van der Waals surface area (Å²) < 4.78 is 0. The molecule has 0 aromatic heterocycles. The fourth-order valence-electron chi connectivity index (χ4n) is 2.90. The zero-order chi connectivity index (χ0) is 8.97. The Kier molecular flexibility index (Phi) is 4.11. The van der Waals surface area contributed by atoms with Crippen LogP contribution in [0.15, 0.2) is 0 Å². The summed E-state index contributed by atoms with van der Waals surface area (Å²) in [5.74, 6) is 3.05. The van der Waals surface area contributed by atoms with Gasteiger partial charge in [-0.2, -0.15) is 0 Å². The molecule has 12 heavy (non-hydrogen) atoms. The lowest BCUT2D eigenvalue weighted by atomic mass is 9.79. The highest BCUT2D eigenvalue weighted by molar-refractivity contribution is 4.76. The van der Waals surface area contributed by atoms with Crippen LogP contribution in [0.4, 0.5) is 0 Å². The summed E-state index contributed by atoms with van der Waals surface area (Å²) in [5.41, 5.74) is 0. The summed E-state index contributed by atoms with van der Waals surface area (Å²) in [4.78, 5) is 0. The van der Waals surface area contributed by atoms with Crippen molar-refractivity contribution in [1.29, 1.82) is 0 Å². The minimum atomic E-state index is 0.988. The zero-order valence-corrected chi connectivity index (χ0v) is 8.97. The van der Waals surface area contributed by atoms with Crippen LogP contribution in [0.3, 0.4) is 0 Å². The van der Waals surface area contributed by atoms with E-state index in [9.17, 15) is 0 Å². The van der Waals surface area contributed by atoms with Gasteiger partial charge >= 0.3 is 0 Å². The predicted octanol–water partition coefficient (Wildman–Crippen LogP) is 4.25. The average Bonchev–Trinajstić information content (AvgIpc) is 2.58. The molecule has 0 spiro atoms. The predicted molar refractivity (Wildman–Crippen MR) is 55.2 cm³/mol. The molecule has 1 fully saturated rings. The van der Waals surface area contributed by atoms with Crippen molar-refractivity contribution in [3.05, 3.63) is 0 Å². The van der Waals surface area contributed by atoms with E-state index in [2.05, 4.69) is 20.8 Å². The van der Waals surface area contributed by atoms with Gasteiger partial charge in [0.2, 0.25) is 0 Å². The Morgan fingerprint density at radius 1 is 1.08 bits per heavy atom. The molecule has 0 bridgehead atoms. The van der Waals surface area contributed by atoms with Crippen molar-refractivity contribution < 1.29 is 0 Å². The standard InChI is InChI=1S/C12H24/c1-4-11(5-2)10(3)12-8-6-7-9-12/h10-12H,4-9H2,1-3H3. The van der Waals surface area contributed by atoms with E-state index in [0.29, 0.717) is 0 Å². The van der Waals surface area contributed by atoms with Crippen LogP contribution < -0.4 is 0 Å². The molecular weight excluding hydrogens is 144 g/mol. The topological polar surface area (TPSA) is 0 Å². The van der Waals surface area contributed by atoms with Gasteiger partial charge in [0.1, 0.15) is 0 Å². The molecule has 0 nitrogen and oxygen atoms in total. The van der Waals surface area contributed by atoms with Gasteiger partial charge in [0.15, 0.2) is 0 Å². The third-order valence-electron chi connectivity index (χ3n) is 3.94. The van der Waals surface area contributed by atoms with Crippen LogP contribution in [0.25, 0.3) is 0 Å². The molecule has 0 aromatic rings. The molecule has 0 amide bonds. The molecule has 1 rings (SSSR count). The Morgan fingerprint density at radius 2 is 1.58 bits per heavy atom. The van der Waals surface area contributed by atoms with E-state index in [4.69, 9.17) is 0 Å². The first-order chi connectivity index (χ1) is 5.79. The zero-order valence-electron chi connectivity index (χ0n) is 8.97. The van der Waals surface area contributed by atoms with Crippen molar-refractivity contribution in [3.63, 3.8) is 0 Å². The second-order valence-corrected chi connectivity index (χ2v) is 4.48. The van der Waals surface area contributed by atoms with Crippen molar-refractivity contribution in [2.75, 3.05) is 0 Å². The second-order valence-electron chi connectivity index (χ2n) is 4.48. The molecule has 1 aliphatic rings. The Labute approximate surface area is 77.7 Å². The smallest absolute Gasteiger partial charge is 0.0386 e. The highest BCUT2D eigenvalue weighted by Gasteiger charge is 2.25. The lowest BCUT2D eigenvalue weighted by molar-refractivity contribution is 0.237. The Bertz CT molecular complexity index is 105. The molecule has 1 unspecified atom stereocenters. The van der Waals surface area contributed by atoms with E-state index in [1.165, 1.54) is 38.5 Å². The van der Waals surface area contributed by atoms with Crippen LogP contribution in [0.2, 0.25) is 0 Å². The first-order valence-corrected chi connectivity index (χ1v) is 5.79. The van der Waals surface area contributed by atoms with Crippen molar-refractivity contribution in [2.45, 2.75) is 59.3 Å². The maximum Gasteiger partial charge on any atom is -0.0386 e. The maximum absolute atomic E-state index is 2.48. The summed E-state index contributed by atoms with van der Waals surface area (Å²) in [6, 6.07) is 0. The molecule has 0 saturated heterocycles. The molecule has 0 heterocycles. The highest BCUT2D eigenvalue weighted by atomic mass is 14.3. The molecule has 0 N–H and O–H groups in total. The van der Waals surface area contributed by atoms with Crippen molar-refractivity contribution in [2.24, 2.45) is 17.8 Å². The average molecular weight is 168 g/mol. The normalized spacial score (nSPS) is 22.0. The van der Waals surface area contributed by atoms with Crippen LogP contribution in [-0.2, 0) is 0 Å². The van der Waals surface area contributed by atoms with E-state index in [0.717, 1.165) is 17.8 Å². The third kappa shape index (κ3) is 2.24. The largest absolute Gasteiger partial charge is 0.0651 e. The third-order valence-corrected chi connectivity index (χ3v) is 3.94. The van der Waals surface area contributed by atoms with Gasteiger partial charge in [0.25, 0.3) is 0 Å². The summed E-state index contributed by atoms with van der Waals surface area (Å²) in [6.07, 6.45) is 8.78. The fraction of sp³-hybridized carbons (Fsp3) is 1.00. The Morgan fingerprint density at radius 3 is 2.00 bits per heavy atom. The molecule has 0 aromatic carbocycles. The van der Waals surface area contributed by atoms with Gasteiger partial charge < -0.3 is 0 Å². The summed E-state index contributed by atoms with van der Waals surface area (Å²) in [7, 11) is 0. The lowest BCUT2D eigenvalue weighted by Crippen LogP contribution is -2.17. The van der Waals surface area contributed by atoms with Crippen LogP contribution in [0.5, 0.6) is 0 Å². The molecule has 1 atom stereocenters. The van der Waals surface area contributed by atoms with Crippen LogP contribution >= 0.6 is 0 Å². The Hall–Kier alpha value is 0. The van der Waals surface area contributed by atoms with Crippen LogP contribution in [0, 0.1) is 17.8 Å². The number of hydrogen-bond donors (Lipinski definition) is 0. The van der Waals surface area contributed by atoms with Crippen molar-refractivity contribution >= 4 is 0 Å². The first kappa shape index (κ1) is 10.1. The van der Waals surface area contributed by atoms with E-state index < -0.39 is 0 Å². The minimum absolute atomic E-state index is 0.988. The summed E-state index contributed by atoms with van der Waals surface area (Å²) in [5, 5.41) is 0. The SMILES string of the molecule is CCC(CC)C(C)C1CCCC1. The van der Waals surface area contributed by atoms with Gasteiger partial charge in [0.05, 0.1) is 0 Å². The van der Waals surface area contributed by atoms with Crippen molar-refractivity contribution in [1.82, 2.24) is 0 Å². The van der Waals surface area contributed by atoms with Crippen molar-refractivity contribution in [3.8, 4) is 0 Å². The highest BCUT2D eigenvalue weighted by Crippen LogP contribution is 2.36. The van der Waals surface area contributed by atoms with Crippen LogP contribution in [0.1, 0.15) is 59.3 Å². The maximum atomic E-state index is 2.48. The molecule has 1 saturated carbocycles. The summed E-state index contributed by atoms with van der Waals surface area (Å²) >= 11 is 0. The minimum Gasteiger partial charge on any atom is -0.0651 e. The van der Waals surface area contributed by atoms with Gasteiger partial charge in [-0.05, 0) is 17.8 Å². The van der Waals surface area contributed by atoms with E-state index in [1.54, 1.807) is 0 Å². The second kappa shape index (κ2) is 4.89. The first-order valence-electron chi connectivity index (χ1n) is 5.79. The lowest BCUT2D eigenvalue weighted by Gasteiger charge is -2.26. The van der Waals surface area contributed by atoms with Gasteiger partial charge in [-0.15, -0.1) is 0 Å². The van der Waals surface area contributed by atoms with Gasteiger partial charge in [0, 0.05) is 0 Å². The quantitative estimate of drug-likeness (QED) is 0.588. The number of rotatable bonds is 4. The van der Waals surface area contributed by atoms with Gasteiger partial charge in [-0.1, -0.05) is 59.3 Å². The van der Waals surface area contributed by atoms with E-state index >= 15 is 0 Å². The molecule has 72 valence electrons. The van der Waals surface area contributed by atoms with Gasteiger partial charge in [-0.25, -0.2) is 0 Å². The Balaban J connectivity index is 2.37. The molecule has 0 aliphatic heterocycles. The van der Waals surface area contributed by atoms with Gasteiger partial charge in [-0.3, -0.25) is 0 Å².